The lowest BCUT2D eigenvalue weighted by molar-refractivity contribution is 0.0895. The van der Waals surface area contributed by atoms with Gasteiger partial charge in [-0.05, 0) is 49.7 Å². The third kappa shape index (κ3) is 5.51. The molecule has 0 saturated carbocycles. The maximum Gasteiger partial charge on any atom is 0.253 e. The van der Waals surface area contributed by atoms with Gasteiger partial charge < -0.3 is 29.4 Å². The first-order chi connectivity index (χ1) is 16.5. The smallest absolute Gasteiger partial charge is 0.253 e. The van der Waals surface area contributed by atoms with Crippen LogP contribution in [0.25, 0.3) is 10.9 Å². The second-order valence-corrected chi connectivity index (χ2v) is 8.90. The molecule has 1 saturated heterocycles. The molecule has 0 spiro atoms. The summed E-state index contributed by atoms with van der Waals surface area (Å²) in [5.41, 5.74) is 2.30. The van der Waals surface area contributed by atoms with Gasteiger partial charge in [-0.15, -0.1) is 0 Å². The van der Waals surface area contributed by atoms with E-state index in [9.17, 15) is 4.79 Å². The molecule has 4 rings (SSSR count). The molecule has 34 heavy (non-hydrogen) atoms. The second kappa shape index (κ2) is 10.9. The molecular formula is C26H31N3O4S. The Labute approximate surface area is 205 Å². The third-order valence-electron chi connectivity index (χ3n) is 6.16. The normalized spacial score (nSPS) is 16.3. The van der Waals surface area contributed by atoms with Crippen LogP contribution in [0.3, 0.4) is 0 Å². The van der Waals surface area contributed by atoms with Crippen molar-refractivity contribution in [2.45, 2.75) is 38.5 Å². The van der Waals surface area contributed by atoms with Crippen molar-refractivity contribution in [2.24, 2.45) is 0 Å². The number of aromatic amines is 1. The fourth-order valence-electron chi connectivity index (χ4n) is 4.26. The Balaban J connectivity index is 1.60. The van der Waals surface area contributed by atoms with Crippen LogP contribution in [-0.2, 0) is 11.3 Å². The lowest BCUT2D eigenvalue weighted by Gasteiger charge is -2.30. The number of ether oxygens (including phenoxy) is 3. The van der Waals surface area contributed by atoms with Crippen molar-refractivity contribution in [2.75, 3.05) is 27.4 Å². The zero-order valence-corrected chi connectivity index (χ0v) is 20.6. The predicted molar refractivity (Wildman–Crippen MR) is 138 cm³/mol. The zero-order chi connectivity index (χ0) is 24.1. The molecule has 0 bridgehead atoms. The highest BCUT2D eigenvalue weighted by atomic mass is 32.1. The largest absolute Gasteiger partial charge is 0.493 e. The predicted octanol–water partition coefficient (Wildman–Crippen LogP) is 4.16. The topological polar surface area (TPSA) is 75.8 Å². The molecule has 2 aromatic carbocycles. The summed E-state index contributed by atoms with van der Waals surface area (Å²) >= 11 is 5.81. The quantitative estimate of drug-likeness (QED) is 0.468. The van der Waals surface area contributed by atoms with Gasteiger partial charge in [0.25, 0.3) is 5.56 Å². The van der Waals surface area contributed by atoms with Gasteiger partial charge in [0.15, 0.2) is 16.6 Å². The summed E-state index contributed by atoms with van der Waals surface area (Å²) in [6.45, 7) is 3.83. The molecule has 1 fully saturated rings. The molecule has 0 amide bonds. The van der Waals surface area contributed by atoms with Crippen LogP contribution in [0.5, 0.6) is 11.5 Å². The highest BCUT2D eigenvalue weighted by Gasteiger charge is 2.23. The van der Waals surface area contributed by atoms with Crippen LogP contribution in [-0.4, -0.2) is 48.5 Å². The second-order valence-electron chi connectivity index (χ2n) is 8.52. The highest BCUT2D eigenvalue weighted by Crippen LogP contribution is 2.31. The average Bonchev–Trinajstić information content (AvgIpc) is 3.37. The van der Waals surface area contributed by atoms with E-state index in [0.717, 1.165) is 30.4 Å². The number of nitrogens with one attached hydrogen (secondary N) is 2. The zero-order valence-electron chi connectivity index (χ0n) is 19.8. The number of rotatable bonds is 8. The van der Waals surface area contributed by atoms with Gasteiger partial charge in [-0.2, -0.15) is 0 Å². The van der Waals surface area contributed by atoms with Crippen molar-refractivity contribution in [3.8, 4) is 11.5 Å². The van der Waals surface area contributed by atoms with Crippen LogP contribution >= 0.6 is 12.2 Å². The number of nitrogens with zero attached hydrogens (tertiary/aromatic N) is 1. The first kappa shape index (κ1) is 24.0. The van der Waals surface area contributed by atoms with E-state index in [2.05, 4.69) is 29.4 Å². The third-order valence-corrected chi connectivity index (χ3v) is 6.54. The number of fused-ring (bicyclic) bond motifs is 1. The minimum absolute atomic E-state index is 0.0345. The van der Waals surface area contributed by atoms with Crippen LogP contribution in [0.4, 0.5) is 0 Å². The van der Waals surface area contributed by atoms with E-state index >= 15 is 0 Å². The molecule has 0 aliphatic carbocycles. The Morgan fingerprint density at radius 1 is 1.21 bits per heavy atom. The van der Waals surface area contributed by atoms with Gasteiger partial charge in [0.05, 0.1) is 38.4 Å². The minimum Gasteiger partial charge on any atom is -0.493 e. The minimum atomic E-state index is -0.157. The molecule has 1 aromatic heterocycles. The first-order valence-electron chi connectivity index (χ1n) is 11.5. The lowest BCUT2D eigenvalue weighted by Crippen LogP contribution is -2.44. The summed E-state index contributed by atoms with van der Waals surface area (Å²) in [6, 6.07) is 15.7. The fourth-order valence-corrected chi connectivity index (χ4v) is 4.57. The van der Waals surface area contributed by atoms with E-state index in [1.54, 1.807) is 20.3 Å². The Morgan fingerprint density at radius 2 is 1.94 bits per heavy atom. The van der Waals surface area contributed by atoms with Gasteiger partial charge >= 0.3 is 0 Å². The number of aromatic nitrogens is 1. The van der Waals surface area contributed by atoms with Crippen molar-refractivity contribution in [3.63, 3.8) is 0 Å². The van der Waals surface area contributed by atoms with Gasteiger partial charge in [-0.1, -0.05) is 30.3 Å². The van der Waals surface area contributed by atoms with Crippen molar-refractivity contribution in [1.29, 1.82) is 0 Å². The van der Waals surface area contributed by atoms with Gasteiger partial charge in [0.2, 0.25) is 0 Å². The molecule has 0 unspecified atom stereocenters. The summed E-state index contributed by atoms with van der Waals surface area (Å²) in [5.74, 6) is 1.18. The van der Waals surface area contributed by atoms with E-state index in [-0.39, 0.29) is 17.7 Å². The standard InChI is InChI=1S/C26H31N3O4S/c1-17(18-8-5-4-6-9-18)27-26(34)29(16-21-10-7-11-33-21)15-20-12-19-13-23(31-2)24(32-3)14-22(19)28-25(20)30/h4-6,8-9,12-14,17,21H,7,10-11,15-16H2,1-3H3,(H,27,34)(H,28,30)/t17-,21-/m1/s1. The number of hydrogen-bond acceptors (Lipinski definition) is 5. The number of methoxy groups -OCH3 is 2. The van der Waals surface area contributed by atoms with E-state index in [4.69, 9.17) is 26.4 Å². The van der Waals surface area contributed by atoms with Gasteiger partial charge in [0, 0.05) is 30.2 Å². The van der Waals surface area contributed by atoms with E-state index in [0.29, 0.717) is 40.8 Å². The summed E-state index contributed by atoms with van der Waals surface area (Å²) in [7, 11) is 3.17. The molecule has 2 atom stereocenters. The number of H-pyrrole nitrogens is 1. The van der Waals surface area contributed by atoms with Crippen LogP contribution < -0.4 is 20.3 Å². The average molecular weight is 482 g/mol. The summed E-state index contributed by atoms with van der Waals surface area (Å²) < 4.78 is 16.7. The van der Waals surface area contributed by atoms with Crippen molar-refractivity contribution < 1.29 is 14.2 Å². The van der Waals surface area contributed by atoms with Gasteiger partial charge in [-0.25, -0.2) is 0 Å². The molecule has 180 valence electrons. The molecule has 3 aromatic rings. The molecular weight excluding hydrogens is 450 g/mol. The van der Waals surface area contributed by atoms with Crippen molar-refractivity contribution >= 4 is 28.2 Å². The van der Waals surface area contributed by atoms with E-state index in [1.807, 2.05) is 35.2 Å². The van der Waals surface area contributed by atoms with Crippen LogP contribution in [0, 0.1) is 0 Å². The van der Waals surface area contributed by atoms with Crippen LogP contribution in [0.1, 0.15) is 36.9 Å². The number of benzene rings is 2. The number of thiocarbonyl (C=S) groups is 1. The number of pyridine rings is 1. The van der Waals surface area contributed by atoms with Crippen LogP contribution in [0.15, 0.2) is 53.3 Å². The van der Waals surface area contributed by atoms with Crippen molar-refractivity contribution in [1.82, 2.24) is 15.2 Å². The lowest BCUT2D eigenvalue weighted by atomic mass is 10.1. The molecule has 7 nitrogen and oxygen atoms in total. The molecule has 1 aliphatic rings. The number of hydrogen-bond donors (Lipinski definition) is 2. The molecule has 8 heteroatoms. The molecule has 2 heterocycles. The molecule has 2 N–H and O–H groups in total. The monoisotopic (exact) mass is 481 g/mol. The van der Waals surface area contributed by atoms with E-state index in [1.165, 1.54) is 0 Å². The summed E-state index contributed by atoms with van der Waals surface area (Å²) in [4.78, 5) is 18.0. The van der Waals surface area contributed by atoms with Crippen molar-refractivity contribution in [3.05, 3.63) is 70.0 Å². The maximum atomic E-state index is 13.0. The van der Waals surface area contributed by atoms with Gasteiger partial charge in [0.1, 0.15) is 0 Å². The highest BCUT2D eigenvalue weighted by molar-refractivity contribution is 7.80. The summed E-state index contributed by atoms with van der Waals surface area (Å²) in [5, 5.41) is 4.89. The Bertz CT molecular complexity index is 1190. The SMILES string of the molecule is COc1cc2cc(CN(C[C@H]3CCCO3)C(=S)N[C@H](C)c3ccccc3)c(=O)[nH]c2cc1OC. The Morgan fingerprint density at radius 3 is 2.62 bits per heavy atom. The summed E-state index contributed by atoms with van der Waals surface area (Å²) in [6.07, 6.45) is 2.12. The Hall–Kier alpha value is -3.10. The molecule has 1 aliphatic heterocycles. The molecule has 0 radical (unpaired) electrons. The maximum absolute atomic E-state index is 13.0. The Kier molecular flexibility index (Phi) is 7.70. The first-order valence-corrected chi connectivity index (χ1v) is 11.9. The fraction of sp³-hybridized carbons (Fsp3) is 0.385. The van der Waals surface area contributed by atoms with Gasteiger partial charge in [-0.3, -0.25) is 4.79 Å². The van der Waals surface area contributed by atoms with Crippen LogP contribution in [0.2, 0.25) is 0 Å². The van der Waals surface area contributed by atoms with E-state index < -0.39 is 0 Å².